The first-order chi connectivity index (χ1) is 11.1. The largest absolute Gasteiger partial charge is 0.330 e. The molecule has 1 aliphatic carbocycles. The standard InChI is InChI=1S/C18H21FN2.C2H6/c1-3-7-18(19)17(10-11-20)14(2)12-15-8-5-4-6-9-16(15)13-21;1-2/h3-4,6-9H,1,5,10-12,20H2,2H3;1-2H3/b17-14+,18-7+;. The highest BCUT2D eigenvalue weighted by atomic mass is 19.1. The fourth-order valence-corrected chi connectivity index (χ4v) is 2.22. The molecule has 0 saturated heterocycles. The van der Waals surface area contributed by atoms with Crippen LogP contribution in [0.25, 0.3) is 0 Å². The lowest BCUT2D eigenvalue weighted by molar-refractivity contribution is 0.634. The van der Waals surface area contributed by atoms with Crippen LogP contribution >= 0.6 is 0 Å². The molecule has 0 radical (unpaired) electrons. The maximum absolute atomic E-state index is 14.1. The fourth-order valence-electron chi connectivity index (χ4n) is 2.22. The Morgan fingerprint density at radius 3 is 2.74 bits per heavy atom. The molecule has 0 bridgehead atoms. The van der Waals surface area contributed by atoms with Crippen LogP contribution in [0.15, 0.2) is 71.2 Å². The van der Waals surface area contributed by atoms with Crippen molar-refractivity contribution in [3.05, 3.63) is 71.2 Å². The summed E-state index contributed by atoms with van der Waals surface area (Å²) < 4.78 is 14.1. The number of rotatable bonds is 6. The SMILES string of the molecule is C=C/C=C(F)\C(CCN)=C(/C)CC1=CCC=CC=C1C#N.CC. The van der Waals surface area contributed by atoms with Crippen molar-refractivity contribution in [1.29, 1.82) is 5.26 Å². The van der Waals surface area contributed by atoms with Crippen LogP contribution < -0.4 is 5.73 Å². The van der Waals surface area contributed by atoms with E-state index in [1.54, 1.807) is 6.08 Å². The summed E-state index contributed by atoms with van der Waals surface area (Å²) in [7, 11) is 0. The minimum atomic E-state index is -0.303. The molecule has 0 aromatic rings. The Morgan fingerprint density at radius 2 is 2.17 bits per heavy atom. The van der Waals surface area contributed by atoms with E-state index < -0.39 is 0 Å². The van der Waals surface area contributed by atoms with Crippen molar-refractivity contribution in [1.82, 2.24) is 0 Å². The third-order valence-electron chi connectivity index (χ3n) is 3.28. The van der Waals surface area contributed by atoms with Gasteiger partial charge in [0.1, 0.15) is 5.83 Å². The zero-order valence-electron chi connectivity index (χ0n) is 14.4. The lowest BCUT2D eigenvalue weighted by Crippen LogP contribution is -2.03. The van der Waals surface area contributed by atoms with E-state index in [9.17, 15) is 9.65 Å². The second kappa shape index (κ2) is 12.4. The Kier molecular flexibility index (Phi) is 11.2. The summed E-state index contributed by atoms with van der Waals surface area (Å²) in [5.74, 6) is -0.303. The van der Waals surface area contributed by atoms with Crippen LogP contribution in [0, 0.1) is 11.3 Å². The molecular weight excluding hydrogens is 287 g/mol. The Bertz CT molecular complexity index is 581. The van der Waals surface area contributed by atoms with E-state index in [1.807, 2.05) is 39.0 Å². The van der Waals surface area contributed by atoms with Gasteiger partial charge in [-0.2, -0.15) is 5.26 Å². The van der Waals surface area contributed by atoms with Gasteiger partial charge in [-0.05, 0) is 56.0 Å². The second-order valence-corrected chi connectivity index (χ2v) is 4.81. The van der Waals surface area contributed by atoms with E-state index in [-0.39, 0.29) is 5.83 Å². The van der Waals surface area contributed by atoms with E-state index in [0.29, 0.717) is 30.5 Å². The summed E-state index contributed by atoms with van der Waals surface area (Å²) in [5, 5.41) is 9.21. The normalized spacial score (nSPS) is 15.2. The van der Waals surface area contributed by atoms with E-state index in [1.165, 1.54) is 12.2 Å². The molecule has 23 heavy (non-hydrogen) atoms. The minimum absolute atomic E-state index is 0.303. The highest BCUT2D eigenvalue weighted by molar-refractivity contribution is 5.48. The van der Waals surface area contributed by atoms with Gasteiger partial charge in [-0.1, -0.05) is 50.3 Å². The summed E-state index contributed by atoms with van der Waals surface area (Å²) in [6.07, 6.45) is 12.2. The van der Waals surface area contributed by atoms with Crippen LogP contribution in [0.3, 0.4) is 0 Å². The summed E-state index contributed by atoms with van der Waals surface area (Å²) in [5.41, 5.74) is 8.63. The first-order valence-electron chi connectivity index (χ1n) is 7.97. The molecular formula is C20H27FN2. The number of hydrogen-bond donors (Lipinski definition) is 1. The summed E-state index contributed by atoms with van der Waals surface area (Å²) in [4.78, 5) is 0. The van der Waals surface area contributed by atoms with Gasteiger partial charge >= 0.3 is 0 Å². The molecule has 0 aromatic carbocycles. The van der Waals surface area contributed by atoms with Crippen LogP contribution in [-0.2, 0) is 0 Å². The highest BCUT2D eigenvalue weighted by Crippen LogP contribution is 2.27. The average molecular weight is 314 g/mol. The van der Waals surface area contributed by atoms with Gasteiger partial charge in [-0.25, -0.2) is 4.39 Å². The summed E-state index contributed by atoms with van der Waals surface area (Å²) >= 11 is 0. The van der Waals surface area contributed by atoms with Crippen LogP contribution in [-0.4, -0.2) is 6.54 Å². The molecule has 1 rings (SSSR count). The van der Waals surface area contributed by atoms with Crippen molar-refractivity contribution in [3.8, 4) is 6.07 Å². The van der Waals surface area contributed by atoms with Crippen molar-refractivity contribution < 1.29 is 4.39 Å². The molecule has 0 saturated carbocycles. The molecule has 2 nitrogen and oxygen atoms in total. The molecule has 2 N–H and O–H groups in total. The number of nitrogens with two attached hydrogens (primary N) is 1. The number of hydrogen-bond acceptors (Lipinski definition) is 2. The number of allylic oxidation sites excluding steroid dienone is 10. The Morgan fingerprint density at radius 1 is 1.48 bits per heavy atom. The molecule has 0 fully saturated rings. The average Bonchev–Trinajstić information content (AvgIpc) is 2.79. The van der Waals surface area contributed by atoms with E-state index >= 15 is 0 Å². The van der Waals surface area contributed by atoms with Gasteiger partial charge < -0.3 is 5.73 Å². The van der Waals surface area contributed by atoms with Gasteiger partial charge in [0.25, 0.3) is 0 Å². The lowest BCUT2D eigenvalue weighted by Gasteiger charge is -2.12. The third kappa shape index (κ3) is 7.08. The maximum atomic E-state index is 14.1. The Hall–Kier alpha value is -2.18. The number of nitriles is 1. The predicted molar refractivity (Wildman–Crippen MR) is 97.3 cm³/mol. The molecule has 0 spiro atoms. The molecule has 0 aromatic heterocycles. The topological polar surface area (TPSA) is 49.8 Å². The van der Waals surface area contributed by atoms with Gasteiger partial charge in [0.05, 0.1) is 11.6 Å². The smallest absolute Gasteiger partial charge is 0.126 e. The van der Waals surface area contributed by atoms with Gasteiger partial charge in [0.15, 0.2) is 0 Å². The van der Waals surface area contributed by atoms with E-state index in [0.717, 1.165) is 17.6 Å². The fraction of sp³-hybridized carbons (Fsp3) is 0.350. The van der Waals surface area contributed by atoms with Crippen LogP contribution in [0.2, 0.25) is 0 Å². The van der Waals surface area contributed by atoms with Crippen molar-refractivity contribution in [2.45, 2.75) is 40.0 Å². The Labute approximate surface area is 139 Å². The maximum Gasteiger partial charge on any atom is 0.126 e. The first-order valence-corrected chi connectivity index (χ1v) is 7.97. The molecule has 3 heteroatoms. The third-order valence-corrected chi connectivity index (χ3v) is 3.28. The van der Waals surface area contributed by atoms with E-state index in [2.05, 4.69) is 12.6 Å². The number of halogens is 1. The molecule has 0 atom stereocenters. The highest BCUT2D eigenvalue weighted by Gasteiger charge is 2.12. The van der Waals surface area contributed by atoms with Gasteiger partial charge in [-0.15, -0.1) is 0 Å². The monoisotopic (exact) mass is 314 g/mol. The van der Waals surface area contributed by atoms with Crippen molar-refractivity contribution in [2.75, 3.05) is 6.54 Å². The quantitative estimate of drug-likeness (QED) is 0.663. The molecule has 0 heterocycles. The predicted octanol–water partition coefficient (Wildman–Crippen LogP) is 5.44. The molecule has 0 unspecified atom stereocenters. The lowest BCUT2D eigenvalue weighted by atomic mass is 9.94. The second-order valence-electron chi connectivity index (χ2n) is 4.81. The zero-order valence-corrected chi connectivity index (χ0v) is 14.4. The summed E-state index contributed by atoms with van der Waals surface area (Å²) in [6, 6.07) is 2.19. The van der Waals surface area contributed by atoms with Crippen LogP contribution in [0.5, 0.6) is 0 Å². The van der Waals surface area contributed by atoms with Crippen LogP contribution in [0.1, 0.15) is 40.0 Å². The molecule has 0 aliphatic heterocycles. The molecule has 1 aliphatic rings. The molecule has 0 amide bonds. The summed E-state index contributed by atoms with van der Waals surface area (Å²) in [6.45, 7) is 9.78. The van der Waals surface area contributed by atoms with Gasteiger partial charge in [0.2, 0.25) is 0 Å². The zero-order chi connectivity index (χ0) is 17.7. The van der Waals surface area contributed by atoms with Crippen molar-refractivity contribution in [2.24, 2.45) is 5.73 Å². The minimum Gasteiger partial charge on any atom is -0.330 e. The van der Waals surface area contributed by atoms with Crippen LogP contribution in [0.4, 0.5) is 4.39 Å². The molecule has 124 valence electrons. The number of nitrogens with zero attached hydrogens (tertiary/aromatic N) is 1. The van der Waals surface area contributed by atoms with Crippen molar-refractivity contribution in [3.63, 3.8) is 0 Å². The first kappa shape index (κ1) is 20.8. The Balaban J connectivity index is 0.00000232. The van der Waals surface area contributed by atoms with Gasteiger partial charge in [0, 0.05) is 0 Å². The van der Waals surface area contributed by atoms with Gasteiger partial charge in [-0.3, -0.25) is 0 Å². The van der Waals surface area contributed by atoms with Crippen molar-refractivity contribution >= 4 is 0 Å². The van der Waals surface area contributed by atoms with E-state index in [4.69, 9.17) is 5.73 Å².